The highest BCUT2D eigenvalue weighted by molar-refractivity contribution is 6.38. The van der Waals surface area contributed by atoms with Crippen molar-refractivity contribution in [2.24, 2.45) is 16.6 Å². The number of carbonyl (C=O) groups is 1. The molecule has 2 bridgehead atoms. The Balaban J connectivity index is 2.14. The molecule has 2 aliphatic heterocycles. The average Bonchev–Trinajstić information content (AvgIpc) is 2.50. The number of amides is 1. The van der Waals surface area contributed by atoms with Gasteiger partial charge in [0, 0.05) is 12.1 Å². The van der Waals surface area contributed by atoms with Gasteiger partial charge in [-0.3, -0.25) is 10.2 Å². The van der Waals surface area contributed by atoms with Gasteiger partial charge in [-0.2, -0.15) is 0 Å². The van der Waals surface area contributed by atoms with Gasteiger partial charge in [0.05, 0.1) is 0 Å². The molecular formula is C11H18N4O. The predicted octanol–water partition coefficient (Wildman–Crippen LogP) is 0.740. The van der Waals surface area contributed by atoms with E-state index in [0.29, 0.717) is 18.0 Å². The second-order valence-corrected chi connectivity index (χ2v) is 4.82. The quantitative estimate of drug-likeness (QED) is 0.506. The van der Waals surface area contributed by atoms with E-state index in [0.717, 1.165) is 32.0 Å². The number of nitrogens with one attached hydrogen (secondary N) is 1. The number of amidine groups is 1. The number of fused-ring (bicyclic) bond motifs is 2. The Morgan fingerprint density at radius 2 is 2.00 bits per heavy atom. The molecule has 2 saturated heterocycles. The fourth-order valence-corrected chi connectivity index (χ4v) is 3.04. The van der Waals surface area contributed by atoms with Crippen LogP contribution >= 0.6 is 0 Å². The van der Waals surface area contributed by atoms with Gasteiger partial charge in [-0.25, -0.2) is 4.99 Å². The van der Waals surface area contributed by atoms with Gasteiger partial charge in [0.1, 0.15) is 6.34 Å². The van der Waals surface area contributed by atoms with Crippen LogP contribution in [0.3, 0.4) is 0 Å². The van der Waals surface area contributed by atoms with E-state index in [2.05, 4.69) is 11.9 Å². The molecule has 5 heteroatoms. The van der Waals surface area contributed by atoms with Crippen LogP contribution in [0.25, 0.3) is 0 Å². The van der Waals surface area contributed by atoms with Crippen molar-refractivity contribution in [2.45, 2.75) is 44.7 Å². The molecule has 2 rings (SSSR count). The minimum Gasteiger partial charge on any atom is -0.379 e. The molecular weight excluding hydrogens is 204 g/mol. The summed E-state index contributed by atoms with van der Waals surface area (Å²) in [5.41, 5.74) is 5.55. The first kappa shape index (κ1) is 11.1. The molecule has 2 unspecified atom stereocenters. The molecule has 0 saturated carbocycles. The molecule has 2 aliphatic rings. The SMILES string of the molecule is CC1CC2CCC(C1)N2C(=O)C(N)=NC=N. The van der Waals surface area contributed by atoms with E-state index >= 15 is 0 Å². The van der Waals surface area contributed by atoms with Crippen molar-refractivity contribution in [3.63, 3.8) is 0 Å². The lowest BCUT2D eigenvalue weighted by atomic mass is 9.92. The molecule has 0 aromatic carbocycles. The average molecular weight is 222 g/mol. The number of piperidine rings is 1. The molecule has 2 heterocycles. The lowest BCUT2D eigenvalue weighted by molar-refractivity contribution is -0.128. The van der Waals surface area contributed by atoms with Crippen molar-refractivity contribution >= 4 is 18.1 Å². The lowest BCUT2D eigenvalue weighted by Gasteiger charge is -2.37. The van der Waals surface area contributed by atoms with Crippen LogP contribution in [0.5, 0.6) is 0 Å². The molecule has 16 heavy (non-hydrogen) atoms. The van der Waals surface area contributed by atoms with E-state index < -0.39 is 0 Å². The fraction of sp³-hybridized carbons (Fsp3) is 0.727. The van der Waals surface area contributed by atoms with Crippen LogP contribution in [0.1, 0.15) is 32.6 Å². The first-order valence-electron chi connectivity index (χ1n) is 5.78. The maximum Gasteiger partial charge on any atom is 0.289 e. The Hall–Kier alpha value is -1.39. The maximum atomic E-state index is 12.0. The summed E-state index contributed by atoms with van der Waals surface area (Å²) < 4.78 is 0. The summed E-state index contributed by atoms with van der Waals surface area (Å²) in [6, 6.07) is 0.668. The minimum absolute atomic E-state index is 0.0542. The van der Waals surface area contributed by atoms with Gasteiger partial charge in [-0.1, -0.05) is 6.92 Å². The van der Waals surface area contributed by atoms with Crippen LogP contribution in [0, 0.1) is 11.3 Å². The number of aliphatic imine (C=N–C) groups is 1. The Morgan fingerprint density at radius 3 is 2.50 bits per heavy atom. The summed E-state index contributed by atoms with van der Waals surface area (Å²) in [6.45, 7) is 2.24. The molecule has 0 spiro atoms. The van der Waals surface area contributed by atoms with Gasteiger partial charge in [0.2, 0.25) is 0 Å². The summed E-state index contributed by atoms with van der Waals surface area (Å²) in [5.74, 6) is 0.451. The summed E-state index contributed by atoms with van der Waals surface area (Å²) in [6.07, 6.45) is 5.12. The first-order chi connectivity index (χ1) is 7.63. The maximum absolute atomic E-state index is 12.0. The van der Waals surface area contributed by atoms with Crippen molar-refractivity contribution in [2.75, 3.05) is 0 Å². The van der Waals surface area contributed by atoms with Crippen molar-refractivity contribution in [1.29, 1.82) is 5.41 Å². The summed E-state index contributed by atoms with van der Waals surface area (Å²) >= 11 is 0. The van der Waals surface area contributed by atoms with E-state index in [1.165, 1.54) is 0 Å². The largest absolute Gasteiger partial charge is 0.379 e. The Bertz CT molecular complexity index is 325. The van der Waals surface area contributed by atoms with Crippen LogP contribution in [-0.4, -0.2) is 35.1 Å². The summed E-state index contributed by atoms with van der Waals surface area (Å²) in [4.78, 5) is 17.5. The molecule has 3 N–H and O–H groups in total. The van der Waals surface area contributed by atoms with Gasteiger partial charge < -0.3 is 10.6 Å². The lowest BCUT2D eigenvalue weighted by Crippen LogP contribution is -2.50. The highest BCUT2D eigenvalue weighted by Crippen LogP contribution is 2.38. The van der Waals surface area contributed by atoms with Crippen LogP contribution in [0.4, 0.5) is 0 Å². The molecule has 88 valence electrons. The molecule has 0 aliphatic carbocycles. The number of nitrogens with two attached hydrogens (primary N) is 1. The minimum atomic E-state index is -0.192. The van der Waals surface area contributed by atoms with Crippen molar-refractivity contribution in [1.82, 2.24) is 4.90 Å². The molecule has 0 aromatic rings. The van der Waals surface area contributed by atoms with Crippen LogP contribution in [0.2, 0.25) is 0 Å². The molecule has 0 aromatic heterocycles. The van der Waals surface area contributed by atoms with Crippen molar-refractivity contribution in [3.05, 3.63) is 0 Å². The van der Waals surface area contributed by atoms with Gasteiger partial charge in [-0.15, -0.1) is 0 Å². The van der Waals surface area contributed by atoms with E-state index in [1.807, 2.05) is 4.90 Å². The predicted molar refractivity (Wildman–Crippen MR) is 62.5 cm³/mol. The highest BCUT2D eigenvalue weighted by atomic mass is 16.2. The normalized spacial score (nSPS) is 33.9. The number of nitrogens with zero attached hydrogens (tertiary/aromatic N) is 2. The van der Waals surface area contributed by atoms with Crippen molar-refractivity contribution < 1.29 is 4.79 Å². The molecule has 5 nitrogen and oxygen atoms in total. The van der Waals surface area contributed by atoms with Crippen molar-refractivity contribution in [3.8, 4) is 0 Å². The molecule has 2 fully saturated rings. The highest BCUT2D eigenvalue weighted by Gasteiger charge is 2.42. The van der Waals surface area contributed by atoms with Crippen LogP contribution in [-0.2, 0) is 4.79 Å². The standard InChI is InChI=1S/C11H18N4O/c1-7-4-8-2-3-9(5-7)15(8)11(16)10(13)14-6-12/h6-9H,2-5H2,1H3,(H3,12,13,14). The Labute approximate surface area is 95.2 Å². The van der Waals surface area contributed by atoms with Gasteiger partial charge in [0.25, 0.3) is 5.91 Å². The monoisotopic (exact) mass is 222 g/mol. The molecule has 0 radical (unpaired) electrons. The Morgan fingerprint density at radius 1 is 1.44 bits per heavy atom. The first-order valence-corrected chi connectivity index (χ1v) is 5.78. The van der Waals surface area contributed by atoms with Gasteiger partial charge in [0.15, 0.2) is 5.84 Å². The van der Waals surface area contributed by atoms with E-state index in [1.54, 1.807) is 0 Å². The third-order valence-electron chi connectivity index (χ3n) is 3.63. The molecule has 1 amide bonds. The van der Waals surface area contributed by atoms with Gasteiger partial charge in [-0.05, 0) is 31.6 Å². The zero-order chi connectivity index (χ0) is 11.7. The smallest absolute Gasteiger partial charge is 0.289 e. The van der Waals surface area contributed by atoms with E-state index in [4.69, 9.17) is 11.1 Å². The van der Waals surface area contributed by atoms with E-state index in [-0.39, 0.29) is 11.7 Å². The number of hydrogen-bond acceptors (Lipinski definition) is 2. The zero-order valence-electron chi connectivity index (χ0n) is 9.52. The van der Waals surface area contributed by atoms with Gasteiger partial charge >= 0.3 is 0 Å². The topological polar surface area (TPSA) is 82.5 Å². The van der Waals surface area contributed by atoms with Crippen LogP contribution < -0.4 is 5.73 Å². The number of rotatable bonds is 1. The third kappa shape index (κ3) is 1.81. The molecule has 2 atom stereocenters. The Kier molecular flexibility index (Phi) is 2.94. The van der Waals surface area contributed by atoms with Crippen LogP contribution in [0.15, 0.2) is 4.99 Å². The zero-order valence-corrected chi connectivity index (χ0v) is 9.52. The fourth-order valence-electron chi connectivity index (χ4n) is 3.04. The second-order valence-electron chi connectivity index (χ2n) is 4.82. The second kappa shape index (κ2) is 4.23. The van der Waals surface area contributed by atoms with E-state index in [9.17, 15) is 4.79 Å². The summed E-state index contributed by atoms with van der Waals surface area (Å²) in [5, 5.41) is 6.83. The number of carbonyl (C=O) groups excluding carboxylic acids is 1. The number of hydrogen-bond donors (Lipinski definition) is 2. The summed E-state index contributed by atoms with van der Waals surface area (Å²) in [7, 11) is 0. The third-order valence-corrected chi connectivity index (χ3v) is 3.63.